The second-order valence-electron chi connectivity index (χ2n) is 5.81. The normalized spacial score (nSPS) is 11.4. The fourth-order valence-electron chi connectivity index (χ4n) is 2.82. The number of aromatic nitrogens is 4. The van der Waals surface area contributed by atoms with Crippen LogP contribution in [0.3, 0.4) is 0 Å². The molecule has 5 nitrogen and oxygen atoms in total. The summed E-state index contributed by atoms with van der Waals surface area (Å²) >= 11 is 0. The number of rotatable bonds is 4. The van der Waals surface area contributed by atoms with Gasteiger partial charge in [0.2, 0.25) is 0 Å². The number of methoxy groups -OCH3 is 1. The lowest BCUT2D eigenvalue weighted by atomic mass is 10.1. The van der Waals surface area contributed by atoms with Crippen molar-refractivity contribution in [2.24, 2.45) is 0 Å². The molecule has 0 bridgehead atoms. The third-order valence-electron chi connectivity index (χ3n) is 4.09. The van der Waals surface area contributed by atoms with Crippen LogP contribution >= 0.6 is 0 Å². The van der Waals surface area contributed by atoms with E-state index < -0.39 is 0 Å². The van der Waals surface area contributed by atoms with Crippen LogP contribution in [0.1, 0.15) is 5.56 Å². The Hall–Kier alpha value is -2.79. The number of hydrogen-bond donors (Lipinski definition) is 0. The maximum Gasteiger partial charge on any atom is 0.198 e. The number of imidazole rings is 1. The second kappa shape index (κ2) is 6.02. The first-order chi connectivity index (χ1) is 11.8. The van der Waals surface area contributed by atoms with Gasteiger partial charge in [0.1, 0.15) is 5.82 Å². The number of hydrogen-bond acceptors (Lipinski definition) is 4. The molecule has 2 aromatic heterocycles. The highest BCUT2D eigenvalue weighted by Gasteiger charge is 2.15. The van der Waals surface area contributed by atoms with Crippen LogP contribution in [0.25, 0.3) is 33.7 Å². The lowest BCUT2D eigenvalue weighted by molar-refractivity contribution is 0.188. The number of para-hydroxylation sites is 2. The molecule has 120 valence electrons. The van der Waals surface area contributed by atoms with Gasteiger partial charge < -0.3 is 9.30 Å². The Balaban J connectivity index is 1.96. The van der Waals surface area contributed by atoms with E-state index in [1.165, 1.54) is 5.56 Å². The Kier molecular flexibility index (Phi) is 3.70. The number of nitrogens with zero attached hydrogens (tertiary/aromatic N) is 4. The summed E-state index contributed by atoms with van der Waals surface area (Å²) in [5.41, 5.74) is 5.47. The van der Waals surface area contributed by atoms with E-state index in [-0.39, 0.29) is 0 Å². The fraction of sp³-hybridized carbons (Fsp3) is 0.211. The zero-order valence-electron chi connectivity index (χ0n) is 13.7. The average molecular weight is 318 g/mol. The average Bonchev–Trinajstić information content (AvgIpc) is 2.96. The minimum Gasteiger partial charge on any atom is -0.383 e. The molecule has 0 N–H and O–H groups in total. The van der Waals surface area contributed by atoms with Gasteiger partial charge in [0.25, 0.3) is 0 Å². The number of aryl methyl sites for hydroxylation is 1. The Morgan fingerprint density at radius 2 is 1.62 bits per heavy atom. The van der Waals surface area contributed by atoms with Crippen molar-refractivity contribution in [2.45, 2.75) is 13.5 Å². The quantitative estimate of drug-likeness (QED) is 0.577. The SMILES string of the molecule is COCCn1c(-c2ccc(C)cc2)nc2nc3ccccc3nc21. The maximum absolute atomic E-state index is 5.26. The summed E-state index contributed by atoms with van der Waals surface area (Å²) in [7, 11) is 1.70. The first-order valence-corrected chi connectivity index (χ1v) is 7.95. The van der Waals surface area contributed by atoms with E-state index >= 15 is 0 Å². The molecule has 4 aromatic rings. The third kappa shape index (κ3) is 2.53. The van der Waals surface area contributed by atoms with Gasteiger partial charge >= 0.3 is 0 Å². The van der Waals surface area contributed by atoms with Gasteiger partial charge in [-0.1, -0.05) is 42.0 Å². The van der Waals surface area contributed by atoms with Crippen molar-refractivity contribution in [1.29, 1.82) is 0 Å². The van der Waals surface area contributed by atoms with Crippen LogP contribution in [0.2, 0.25) is 0 Å². The van der Waals surface area contributed by atoms with Crippen molar-refractivity contribution >= 4 is 22.3 Å². The molecule has 0 aliphatic carbocycles. The Bertz CT molecular complexity index is 1010. The van der Waals surface area contributed by atoms with E-state index in [1.807, 2.05) is 24.3 Å². The third-order valence-corrected chi connectivity index (χ3v) is 4.09. The van der Waals surface area contributed by atoms with E-state index in [0.29, 0.717) is 18.8 Å². The summed E-state index contributed by atoms with van der Waals surface area (Å²) in [5, 5.41) is 0. The highest BCUT2D eigenvalue weighted by atomic mass is 16.5. The van der Waals surface area contributed by atoms with Gasteiger partial charge in [-0.15, -0.1) is 0 Å². The lowest BCUT2D eigenvalue weighted by Gasteiger charge is -2.08. The van der Waals surface area contributed by atoms with Gasteiger partial charge in [-0.25, -0.2) is 15.0 Å². The van der Waals surface area contributed by atoms with Crippen LogP contribution in [-0.4, -0.2) is 33.2 Å². The predicted octanol–water partition coefficient (Wildman–Crippen LogP) is 3.60. The van der Waals surface area contributed by atoms with Gasteiger partial charge in [0.05, 0.1) is 17.6 Å². The molecule has 24 heavy (non-hydrogen) atoms. The Labute approximate surface area is 140 Å². The molecule has 2 heterocycles. The van der Waals surface area contributed by atoms with Crippen molar-refractivity contribution < 1.29 is 4.74 Å². The maximum atomic E-state index is 5.26. The lowest BCUT2D eigenvalue weighted by Crippen LogP contribution is -2.07. The molecular weight excluding hydrogens is 300 g/mol. The van der Waals surface area contributed by atoms with Crippen LogP contribution in [0, 0.1) is 6.92 Å². The van der Waals surface area contributed by atoms with E-state index in [2.05, 4.69) is 40.7 Å². The largest absolute Gasteiger partial charge is 0.383 e. The number of ether oxygens (including phenoxy) is 1. The van der Waals surface area contributed by atoms with E-state index in [9.17, 15) is 0 Å². The van der Waals surface area contributed by atoms with Crippen molar-refractivity contribution in [3.05, 3.63) is 54.1 Å². The summed E-state index contributed by atoms with van der Waals surface area (Å²) in [6.07, 6.45) is 0. The fourth-order valence-corrected chi connectivity index (χ4v) is 2.82. The van der Waals surface area contributed by atoms with Gasteiger partial charge in [-0.05, 0) is 19.1 Å². The van der Waals surface area contributed by atoms with E-state index in [1.54, 1.807) is 7.11 Å². The highest BCUT2D eigenvalue weighted by molar-refractivity contribution is 5.84. The summed E-state index contributed by atoms with van der Waals surface area (Å²) in [6.45, 7) is 3.36. The summed E-state index contributed by atoms with van der Waals surface area (Å²) in [5.74, 6) is 0.873. The molecular formula is C19H18N4O. The first kappa shape index (κ1) is 14.8. The molecule has 5 heteroatoms. The van der Waals surface area contributed by atoms with Gasteiger partial charge in [-0.2, -0.15) is 0 Å². The molecule has 0 unspecified atom stereocenters. The van der Waals surface area contributed by atoms with Gasteiger partial charge in [0.15, 0.2) is 11.3 Å². The van der Waals surface area contributed by atoms with E-state index in [4.69, 9.17) is 14.7 Å². The summed E-state index contributed by atoms with van der Waals surface area (Å²) < 4.78 is 7.35. The Morgan fingerprint density at radius 1 is 0.917 bits per heavy atom. The molecule has 0 radical (unpaired) electrons. The van der Waals surface area contributed by atoms with Gasteiger partial charge in [0, 0.05) is 19.2 Å². The molecule has 0 saturated heterocycles. The zero-order valence-corrected chi connectivity index (χ0v) is 13.7. The number of benzene rings is 2. The first-order valence-electron chi connectivity index (χ1n) is 7.95. The van der Waals surface area contributed by atoms with Crippen LogP contribution in [0.5, 0.6) is 0 Å². The summed E-state index contributed by atoms with van der Waals surface area (Å²) in [4.78, 5) is 14.2. The molecule has 0 aliphatic rings. The van der Waals surface area contributed by atoms with Gasteiger partial charge in [-0.3, -0.25) is 0 Å². The molecule has 0 atom stereocenters. The predicted molar refractivity (Wildman–Crippen MR) is 94.9 cm³/mol. The Morgan fingerprint density at radius 3 is 2.33 bits per heavy atom. The smallest absolute Gasteiger partial charge is 0.198 e. The van der Waals surface area contributed by atoms with Crippen LogP contribution < -0.4 is 0 Å². The molecule has 4 rings (SSSR count). The molecule has 0 saturated carbocycles. The second-order valence-corrected chi connectivity index (χ2v) is 5.81. The molecule has 0 aliphatic heterocycles. The topological polar surface area (TPSA) is 52.8 Å². The standard InChI is InChI=1S/C19H18N4O/c1-13-7-9-14(10-8-13)18-22-17-19(23(18)11-12-24-2)21-16-6-4-3-5-15(16)20-17/h3-10H,11-12H2,1-2H3. The van der Waals surface area contributed by atoms with Crippen LogP contribution in [0.15, 0.2) is 48.5 Å². The summed E-state index contributed by atoms with van der Waals surface area (Å²) in [6, 6.07) is 16.2. The minimum atomic E-state index is 0.596. The van der Waals surface area contributed by atoms with Crippen LogP contribution in [0.4, 0.5) is 0 Å². The molecule has 0 fully saturated rings. The minimum absolute atomic E-state index is 0.596. The van der Waals surface area contributed by atoms with E-state index in [0.717, 1.165) is 28.1 Å². The van der Waals surface area contributed by atoms with Crippen molar-refractivity contribution in [3.63, 3.8) is 0 Å². The van der Waals surface area contributed by atoms with Crippen molar-refractivity contribution in [1.82, 2.24) is 19.5 Å². The van der Waals surface area contributed by atoms with Crippen LogP contribution in [-0.2, 0) is 11.3 Å². The monoisotopic (exact) mass is 318 g/mol. The van der Waals surface area contributed by atoms with Crippen molar-refractivity contribution in [3.8, 4) is 11.4 Å². The number of fused-ring (bicyclic) bond motifs is 2. The van der Waals surface area contributed by atoms with Crippen molar-refractivity contribution in [2.75, 3.05) is 13.7 Å². The molecule has 0 spiro atoms. The highest BCUT2D eigenvalue weighted by Crippen LogP contribution is 2.25. The molecule has 2 aromatic carbocycles. The zero-order chi connectivity index (χ0) is 16.5. The molecule has 0 amide bonds.